The summed E-state index contributed by atoms with van der Waals surface area (Å²) in [5.41, 5.74) is -1.52. The molecule has 0 spiro atoms. The molecule has 30 heavy (non-hydrogen) atoms. The molecule has 2 rings (SSSR count). The Morgan fingerprint density at radius 3 is 2.37 bits per heavy atom. The average molecular weight is 465 g/mol. The summed E-state index contributed by atoms with van der Waals surface area (Å²) < 4.78 is 68.8. The minimum atomic E-state index is -4.72. The molecule has 0 bridgehead atoms. The van der Waals surface area contributed by atoms with E-state index in [0.29, 0.717) is 6.07 Å². The predicted octanol–water partition coefficient (Wildman–Crippen LogP) is 3.91. The zero-order chi connectivity index (χ0) is 22.7. The van der Waals surface area contributed by atoms with Gasteiger partial charge in [0.15, 0.2) is 6.10 Å². The summed E-state index contributed by atoms with van der Waals surface area (Å²) in [4.78, 5) is 24.6. The van der Waals surface area contributed by atoms with E-state index < -0.39 is 44.8 Å². The van der Waals surface area contributed by atoms with Gasteiger partial charge in [0.05, 0.1) is 28.1 Å². The monoisotopic (exact) mass is 464 g/mol. The molecule has 1 amide bonds. The number of anilines is 2. The predicted molar refractivity (Wildman–Crippen MR) is 105 cm³/mol. The molecule has 12 heteroatoms. The van der Waals surface area contributed by atoms with E-state index in [1.807, 2.05) is 0 Å². The smallest absolute Gasteiger partial charge is 0.417 e. The molecule has 2 aromatic carbocycles. The third-order valence-electron chi connectivity index (χ3n) is 3.63. The van der Waals surface area contributed by atoms with Crippen LogP contribution < -0.4 is 10.0 Å². The highest BCUT2D eigenvalue weighted by Crippen LogP contribution is 2.36. The zero-order valence-corrected chi connectivity index (χ0v) is 17.2. The highest BCUT2D eigenvalue weighted by atomic mass is 35.5. The number of nitrogens with one attached hydrogen (secondary N) is 2. The minimum absolute atomic E-state index is 0.0508. The number of halogens is 4. The van der Waals surface area contributed by atoms with Crippen LogP contribution in [-0.2, 0) is 25.7 Å². The lowest BCUT2D eigenvalue weighted by atomic mass is 10.2. The van der Waals surface area contributed by atoms with Crippen LogP contribution in [0.25, 0.3) is 0 Å². The largest absolute Gasteiger partial charge is 0.449 e. The van der Waals surface area contributed by atoms with Crippen LogP contribution in [0.4, 0.5) is 24.5 Å². The number of sulfonamides is 1. The molecule has 0 fully saturated rings. The van der Waals surface area contributed by atoms with E-state index in [1.54, 1.807) is 0 Å². The van der Waals surface area contributed by atoms with Crippen molar-refractivity contribution in [2.45, 2.75) is 19.2 Å². The van der Waals surface area contributed by atoms with Gasteiger partial charge in [0, 0.05) is 5.69 Å². The SMILES string of the molecule is CC(OC(=O)c1ccccc1NS(C)(=O)=O)C(=O)Nc1ccc(Cl)c(C(F)(F)F)c1. The Hall–Kier alpha value is -2.79. The van der Waals surface area contributed by atoms with E-state index >= 15 is 0 Å². The molecule has 1 atom stereocenters. The van der Waals surface area contributed by atoms with Crippen molar-refractivity contribution in [3.63, 3.8) is 0 Å². The van der Waals surface area contributed by atoms with Crippen molar-refractivity contribution in [3.8, 4) is 0 Å². The van der Waals surface area contributed by atoms with Crippen molar-refractivity contribution in [1.82, 2.24) is 0 Å². The Labute approximate surface area is 175 Å². The Bertz CT molecular complexity index is 1070. The van der Waals surface area contributed by atoms with Gasteiger partial charge in [0.1, 0.15) is 0 Å². The number of carbonyl (C=O) groups excluding carboxylic acids is 2. The van der Waals surface area contributed by atoms with Gasteiger partial charge in [-0.25, -0.2) is 13.2 Å². The third kappa shape index (κ3) is 6.36. The second kappa shape index (κ2) is 8.92. The number of amides is 1. The number of hydrogen-bond donors (Lipinski definition) is 2. The first-order valence-electron chi connectivity index (χ1n) is 8.23. The number of ether oxygens (including phenoxy) is 1. The summed E-state index contributed by atoms with van der Waals surface area (Å²) in [5, 5.41) is 1.67. The Morgan fingerprint density at radius 1 is 1.13 bits per heavy atom. The van der Waals surface area contributed by atoms with E-state index in [2.05, 4.69) is 10.0 Å². The van der Waals surface area contributed by atoms with E-state index in [1.165, 1.54) is 31.2 Å². The molecule has 2 N–H and O–H groups in total. The van der Waals surface area contributed by atoms with E-state index in [4.69, 9.17) is 16.3 Å². The first kappa shape index (κ1) is 23.5. The van der Waals surface area contributed by atoms with Gasteiger partial charge in [-0.15, -0.1) is 0 Å². The Morgan fingerprint density at radius 2 is 1.77 bits per heavy atom. The zero-order valence-electron chi connectivity index (χ0n) is 15.6. The fourth-order valence-corrected chi connectivity index (χ4v) is 3.09. The molecule has 0 heterocycles. The maximum absolute atomic E-state index is 12.9. The second-order valence-electron chi connectivity index (χ2n) is 6.15. The van der Waals surface area contributed by atoms with Crippen LogP contribution >= 0.6 is 11.6 Å². The standard InChI is InChI=1S/C18H16ClF3N2O5S/c1-10(16(25)23-11-7-8-14(19)13(9-11)18(20,21)22)29-17(26)12-5-3-4-6-15(12)24-30(2,27)28/h3-10,24H,1-2H3,(H,23,25). The molecule has 0 saturated carbocycles. The number of hydrogen-bond acceptors (Lipinski definition) is 5. The number of para-hydroxylation sites is 1. The van der Waals surface area contributed by atoms with Crippen LogP contribution in [0.1, 0.15) is 22.8 Å². The molecular formula is C18H16ClF3N2O5S. The summed E-state index contributed by atoms with van der Waals surface area (Å²) in [6.07, 6.45) is -5.22. The molecule has 7 nitrogen and oxygen atoms in total. The number of carbonyl (C=O) groups is 2. The molecule has 1 unspecified atom stereocenters. The van der Waals surface area contributed by atoms with Crippen molar-refractivity contribution < 1.29 is 35.9 Å². The summed E-state index contributed by atoms with van der Waals surface area (Å²) in [5.74, 6) is -1.90. The van der Waals surface area contributed by atoms with Gasteiger partial charge in [-0.3, -0.25) is 9.52 Å². The molecule has 0 aliphatic rings. The van der Waals surface area contributed by atoms with Crippen molar-refractivity contribution in [3.05, 3.63) is 58.6 Å². The maximum atomic E-state index is 12.9. The fraction of sp³-hybridized carbons (Fsp3) is 0.222. The maximum Gasteiger partial charge on any atom is 0.417 e. The molecule has 162 valence electrons. The molecular weight excluding hydrogens is 449 g/mol. The van der Waals surface area contributed by atoms with Crippen molar-refractivity contribution >= 4 is 44.9 Å². The Balaban J connectivity index is 2.13. The minimum Gasteiger partial charge on any atom is -0.449 e. The highest BCUT2D eigenvalue weighted by Gasteiger charge is 2.33. The second-order valence-corrected chi connectivity index (χ2v) is 8.30. The molecule has 0 radical (unpaired) electrons. The molecule has 2 aromatic rings. The van der Waals surface area contributed by atoms with E-state index in [0.717, 1.165) is 18.4 Å². The van der Waals surface area contributed by atoms with Gasteiger partial charge in [-0.2, -0.15) is 13.2 Å². The third-order valence-corrected chi connectivity index (χ3v) is 4.55. The summed E-state index contributed by atoms with van der Waals surface area (Å²) in [7, 11) is -3.68. The Kier molecular flexibility index (Phi) is 6.99. The molecule has 0 aromatic heterocycles. The number of rotatable bonds is 6. The van der Waals surface area contributed by atoms with Crippen LogP contribution in [-0.4, -0.2) is 32.7 Å². The quantitative estimate of drug-likeness (QED) is 0.631. The number of esters is 1. The summed E-state index contributed by atoms with van der Waals surface area (Å²) in [6.45, 7) is 1.21. The number of benzene rings is 2. The van der Waals surface area contributed by atoms with E-state index in [-0.39, 0.29) is 16.9 Å². The van der Waals surface area contributed by atoms with Crippen LogP contribution in [0, 0.1) is 0 Å². The summed E-state index contributed by atoms with van der Waals surface area (Å²) in [6, 6.07) is 8.35. The normalized spacial score (nSPS) is 12.7. The van der Waals surface area contributed by atoms with E-state index in [9.17, 15) is 31.2 Å². The lowest BCUT2D eigenvalue weighted by Crippen LogP contribution is -2.30. The van der Waals surface area contributed by atoms with Gasteiger partial charge in [0.2, 0.25) is 10.0 Å². The molecule has 0 aliphatic carbocycles. The van der Waals surface area contributed by atoms with Crippen molar-refractivity contribution in [1.29, 1.82) is 0 Å². The number of alkyl halides is 3. The first-order valence-corrected chi connectivity index (χ1v) is 10.5. The topological polar surface area (TPSA) is 102 Å². The first-order chi connectivity index (χ1) is 13.8. The molecule has 0 aliphatic heterocycles. The van der Waals surface area contributed by atoms with Gasteiger partial charge in [-0.1, -0.05) is 23.7 Å². The lowest BCUT2D eigenvalue weighted by Gasteiger charge is -2.16. The van der Waals surface area contributed by atoms with Gasteiger partial charge in [-0.05, 0) is 37.3 Å². The van der Waals surface area contributed by atoms with Gasteiger partial charge in [0.25, 0.3) is 5.91 Å². The van der Waals surface area contributed by atoms with Crippen LogP contribution in [0.2, 0.25) is 5.02 Å². The van der Waals surface area contributed by atoms with Crippen molar-refractivity contribution in [2.75, 3.05) is 16.3 Å². The van der Waals surface area contributed by atoms with Crippen LogP contribution in [0.3, 0.4) is 0 Å². The van der Waals surface area contributed by atoms with Crippen LogP contribution in [0.15, 0.2) is 42.5 Å². The average Bonchev–Trinajstić information content (AvgIpc) is 2.61. The molecule has 0 saturated heterocycles. The van der Waals surface area contributed by atoms with Crippen molar-refractivity contribution in [2.24, 2.45) is 0 Å². The van der Waals surface area contributed by atoms with Gasteiger partial charge >= 0.3 is 12.1 Å². The fourth-order valence-electron chi connectivity index (χ4n) is 2.29. The van der Waals surface area contributed by atoms with Crippen LogP contribution in [0.5, 0.6) is 0 Å². The van der Waals surface area contributed by atoms with Gasteiger partial charge < -0.3 is 10.1 Å². The summed E-state index contributed by atoms with van der Waals surface area (Å²) >= 11 is 5.53. The highest BCUT2D eigenvalue weighted by molar-refractivity contribution is 7.92. The lowest BCUT2D eigenvalue weighted by molar-refractivity contribution is -0.137.